The van der Waals surface area contributed by atoms with Crippen LogP contribution in [0.25, 0.3) is 22.4 Å². The standard InChI is InChI=1S/C17H15NO2S2/c1-12-16(13-8-10-15(11-9-13)22(2,19)20)17(18-21-12)14-6-4-3-5-7-14/h3-11H,1-2H3. The third kappa shape index (κ3) is 2.82. The largest absolute Gasteiger partial charge is 0.224 e. The highest BCUT2D eigenvalue weighted by atomic mass is 32.2. The van der Waals surface area contributed by atoms with Crippen molar-refractivity contribution in [3.63, 3.8) is 0 Å². The highest BCUT2D eigenvalue weighted by Crippen LogP contribution is 2.36. The van der Waals surface area contributed by atoms with Crippen LogP contribution in [0.1, 0.15) is 4.88 Å². The van der Waals surface area contributed by atoms with Crippen LogP contribution < -0.4 is 0 Å². The molecule has 0 aliphatic heterocycles. The molecule has 0 radical (unpaired) electrons. The fraction of sp³-hybridized carbons (Fsp3) is 0.118. The first kappa shape index (κ1) is 14.9. The minimum absolute atomic E-state index is 0.332. The van der Waals surface area contributed by atoms with Gasteiger partial charge in [0.1, 0.15) is 0 Å². The predicted molar refractivity (Wildman–Crippen MR) is 90.8 cm³/mol. The summed E-state index contributed by atoms with van der Waals surface area (Å²) in [5.41, 5.74) is 4.05. The van der Waals surface area contributed by atoms with Crippen molar-refractivity contribution in [2.75, 3.05) is 6.26 Å². The average molecular weight is 329 g/mol. The Labute approximate surface area is 134 Å². The Balaban J connectivity index is 2.12. The molecule has 0 saturated carbocycles. The molecule has 0 N–H and O–H groups in total. The van der Waals surface area contributed by atoms with E-state index in [-0.39, 0.29) is 0 Å². The zero-order chi connectivity index (χ0) is 15.7. The fourth-order valence-corrected chi connectivity index (χ4v) is 3.74. The van der Waals surface area contributed by atoms with Crippen molar-refractivity contribution in [2.45, 2.75) is 11.8 Å². The molecule has 3 nitrogen and oxygen atoms in total. The van der Waals surface area contributed by atoms with E-state index in [0.717, 1.165) is 27.3 Å². The van der Waals surface area contributed by atoms with Crippen LogP contribution in [-0.2, 0) is 9.84 Å². The SMILES string of the molecule is Cc1snc(-c2ccccc2)c1-c1ccc(S(C)(=O)=O)cc1. The first-order valence-corrected chi connectivity index (χ1v) is 9.45. The molecule has 0 atom stereocenters. The number of hydrogen-bond donors (Lipinski definition) is 0. The van der Waals surface area contributed by atoms with Gasteiger partial charge in [0, 0.05) is 22.3 Å². The molecule has 0 fully saturated rings. The summed E-state index contributed by atoms with van der Waals surface area (Å²) in [7, 11) is -3.17. The molecule has 0 unspecified atom stereocenters. The number of benzene rings is 2. The van der Waals surface area contributed by atoms with Crippen LogP contribution in [0.5, 0.6) is 0 Å². The van der Waals surface area contributed by atoms with Crippen molar-refractivity contribution in [1.82, 2.24) is 4.37 Å². The zero-order valence-electron chi connectivity index (χ0n) is 12.3. The van der Waals surface area contributed by atoms with Gasteiger partial charge in [-0.25, -0.2) is 8.42 Å². The van der Waals surface area contributed by atoms with Crippen LogP contribution in [-0.4, -0.2) is 19.0 Å². The molecule has 1 aromatic heterocycles. The van der Waals surface area contributed by atoms with E-state index in [2.05, 4.69) is 4.37 Å². The number of sulfone groups is 1. The van der Waals surface area contributed by atoms with Crippen molar-refractivity contribution in [3.05, 3.63) is 59.5 Å². The number of aromatic nitrogens is 1. The molecule has 3 aromatic rings. The molecule has 0 aliphatic rings. The summed E-state index contributed by atoms with van der Waals surface area (Å²) in [5.74, 6) is 0. The minimum Gasteiger partial charge on any atom is -0.224 e. The Bertz CT molecular complexity index is 896. The lowest BCUT2D eigenvalue weighted by atomic mass is 10.00. The highest BCUT2D eigenvalue weighted by Gasteiger charge is 2.15. The lowest BCUT2D eigenvalue weighted by molar-refractivity contribution is 0.602. The summed E-state index contributed by atoms with van der Waals surface area (Å²) < 4.78 is 27.7. The second kappa shape index (κ2) is 5.66. The molecule has 2 aromatic carbocycles. The Morgan fingerprint density at radius 3 is 2.14 bits per heavy atom. The van der Waals surface area contributed by atoms with Crippen LogP contribution in [0, 0.1) is 6.92 Å². The van der Waals surface area contributed by atoms with Gasteiger partial charge < -0.3 is 0 Å². The molecule has 22 heavy (non-hydrogen) atoms. The molecular weight excluding hydrogens is 314 g/mol. The maximum Gasteiger partial charge on any atom is 0.175 e. The second-order valence-electron chi connectivity index (χ2n) is 5.12. The van der Waals surface area contributed by atoms with Gasteiger partial charge in [0.05, 0.1) is 10.6 Å². The summed E-state index contributed by atoms with van der Waals surface area (Å²) in [6.07, 6.45) is 1.22. The Hall–Kier alpha value is -1.98. The van der Waals surface area contributed by atoms with Crippen LogP contribution in [0.3, 0.4) is 0 Å². The molecule has 3 rings (SSSR count). The monoisotopic (exact) mass is 329 g/mol. The third-order valence-corrected chi connectivity index (χ3v) is 5.36. The molecule has 1 heterocycles. The molecular formula is C17H15NO2S2. The average Bonchev–Trinajstić information content (AvgIpc) is 2.89. The number of rotatable bonds is 3. The number of aryl methyl sites for hydroxylation is 1. The van der Waals surface area contributed by atoms with E-state index in [1.165, 1.54) is 17.8 Å². The Kier molecular flexibility index (Phi) is 3.85. The third-order valence-electron chi connectivity index (χ3n) is 3.48. The van der Waals surface area contributed by atoms with Gasteiger partial charge in [-0.15, -0.1) is 0 Å². The van der Waals surface area contributed by atoms with Gasteiger partial charge in [0.15, 0.2) is 9.84 Å². The van der Waals surface area contributed by atoms with Crippen LogP contribution >= 0.6 is 11.5 Å². The minimum atomic E-state index is -3.17. The molecule has 0 saturated heterocycles. The van der Waals surface area contributed by atoms with E-state index < -0.39 is 9.84 Å². The normalized spacial score (nSPS) is 11.5. The molecule has 0 bridgehead atoms. The van der Waals surface area contributed by atoms with Gasteiger partial charge in [0.25, 0.3) is 0 Å². The second-order valence-corrected chi connectivity index (χ2v) is 8.12. The molecule has 0 amide bonds. The van der Waals surface area contributed by atoms with Gasteiger partial charge in [-0.3, -0.25) is 0 Å². The van der Waals surface area contributed by atoms with E-state index in [4.69, 9.17) is 0 Å². The smallest absolute Gasteiger partial charge is 0.175 e. The van der Waals surface area contributed by atoms with Crippen molar-refractivity contribution in [3.8, 4) is 22.4 Å². The fourth-order valence-electron chi connectivity index (χ4n) is 2.37. The predicted octanol–water partition coefficient (Wildman–Crippen LogP) is 4.19. The van der Waals surface area contributed by atoms with Crippen LogP contribution in [0.2, 0.25) is 0 Å². The van der Waals surface area contributed by atoms with Gasteiger partial charge >= 0.3 is 0 Å². The molecule has 0 aliphatic carbocycles. The van der Waals surface area contributed by atoms with Gasteiger partial charge in [0.2, 0.25) is 0 Å². The summed E-state index contributed by atoms with van der Waals surface area (Å²) in [5, 5.41) is 0. The van der Waals surface area contributed by atoms with Crippen molar-refractivity contribution in [2.24, 2.45) is 0 Å². The first-order chi connectivity index (χ1) is 10.5. The number of nitrogens with zero attached hydrogens (tertiary/aromatic N) is 1. The van der Waals surface area contributed by atoms with E-state index in [1.807, 2.05) is 49.4 Å². The number of hydrogen-bond acceptors (Lipinski definition) is 4. The summed E-state index contributed by atoms with van der Waals surface area (Å²) >= 11 is 1.46. The molecule has 0 spiro atoms. The summed E-state index contributed by atoms with van der Waals surface area (Å²) in [6, 6.07) is 17.0. The van der Waals surface area contributed by atoms with Crippen molar-refractivity contribution in [1.29, 1.82) is 0 Å². The van der Waals surface area contributed by atoms with Crippen molar-refractivity contribution >= 4 is 21.4 Å². The lowest BCUT2D eigenvalue weighted by Crippen LogP contribution is -1.96. The topological polar surface area (TPSA) is 47.0 Å². The Morgan fingerprint density at radius 2 is 1.55 bits per heavy atom. The molecule has 5 heteroatoms. The quantitative estimate of drug-likeness (QED) is 0.724. The maximum absolute atomic E-state index is 11.6. The van der Waals surface area contributed by atoms with E-state index in [9.17, 15) is 8.42 Å². The lowest BCUT2D eigenvalue weighted by Gasteiger charge is -2.06. The van der Waals surface area contributed by atoms with Crippen LogP contribution in [0.4, 0.5) is 0 Å². The van der Waals surface area contributed by atoms with Gasteiger partial charge in [-0.2, -0.15) is 4.37 Å². The van der Waals surface area contributed by atoms with E-state index >= 15 is 0 Å². The zero-order valence-corrected chi connectivity index (χ0v) is 13.9. The van der Waals surface area contributed by atoms with Crippen LogP contribution in [0.15, 0.2) is 59.5 Å². The summed E-state index contributed by atoms with van der Waals surface area (Å²) in [4.78, 5) is 1.45. The van der Waals surface area contributed by atoms with E-state index in [1.54, 1.807) is 12.1 Å². The van der Waals surface area contributed by atoms with Crippen molar-refractivity contribution < 1.29 is 8.42 Å². The molecule has 112 valence electrons. The van der Waals surface area contributed by atoms with Gasteiger partial charge in [-0.1, -0.05) is 42.5 Å². The van der Waals surface area contributed by atoms with E-state index in [0.29, 0.717) is 4.90 Å². The highest BCUT2D eigenvalue weighted by molar-refractivity contribution is 7.90. The van der Waals surface area contributed by atoms with Gasteiger partial charge in [-0.05, 0) is 36.2 Å². The Morgan fingerprint density at radius 1 is 0.909 bits per heavy atom. The maximum atomic E-state index is 11.6. The first-order valence-electron chi connectivity index (χ1n) is 6.79. The summed E-state index contributed by atoms with van der Waals surface area (Å²) in [6.45, 7) is 2.03.